The molecule has 0 fully saturated rings. The van der Waals surface area contributed by atoms with Gasteiger partial charge in [0, 0.05) is 13.1 Å². The maximum atomic E-state index is 12.8. The topological polar surface area (TPSA) is 44.1 Å². The number of hydrogen-bond acceptors (Lipinski definition) is 3. The quantitative estimate of drug-likeness (QED) is 0.501. The number of carbonyl (C=O) groups excluding carboxylic acids is 1. The van der Waals surface area contributed by atoms with E-state index in [2.05, 4.69) is 5.10 Å². The normalized spacial score (nSPS) is 15.0. The number of halogens is 7. The summed E-state index contributed by atoms with van der Waals surface area (Å²) in [6.45, 7) is 0. The van der Waals surface area contributed by atoms with Crippen molar-refractivity contribution in [2.24, 2.45) is 7.05 Å². The Morgan fingerprint density at radius 2 is 1.83 bits per heavy atom. The second-order valence-electron chi connectivity index (χ2n) is 4.69. The summed E-state index contributed by atoms with van der Waals surface area (Å²) < 4.78 is 94.9. The van der Waals surface area contributed by atoms with Crippen LogP contribution in [0.1, 0.15) is 22.5 Å². The molecule has 0 bridgehead atoms. The number of nitrogens with zero attached hydrogens (tertiary/aromatic N) is 2. The van der Waals surface area contributed by atoms with Gasteiger partial charge in [0.1, 0.15) is 21.9 Å². The maximum absolute atomic E-state index is 12.8. The standard InChI is InChI=1S/C12H9F7N2O2S/c1-21-12(9(6-22)10(20-21)11(13)14)23-7-3-2-4-8(5-7)24(15,16,17,18)19/h2-6,11H,1H3. The molecule has 1 aromatic heterocycles. The molecule has 12 heteroatoms. The van der Waals surface area contributed by atoms with Gasteiger partial charge in [0.05, 0.1) is 0 Å². The molecule has 134 valence electrons. The Balaban J connectivity index is 2.50. The van der Waals surface area contributed by atoms with Gasteiger partial charge < -0.3 is 4.74 Å². The van der Waals surface area contributed by atoms with E-state index < -0.39 is 44.4 Å². The minimum Gasteiger partial charge on any atom is -0.438 e. The summed E-state index contributed by atoms with van der Waals surface area (Å²) >= 11 is 0. The van der Waals surface area contributed by atoms with Gasteiger partial charge in [0.2, 0.25) is 5.88 Å². The lowest BCUT2D eigenvalue weighted by molar-refractivity contribution is 0.110. The highest BCUT2D eigenvalue weighted by atomic mass is 32.5. The highest BCUT2D eigenvalue weighted by Gasteiger charge is 2.65. The molecular weight excluding hydrogens is 369 g/mol. The van der Waals surface area contributed by atoms with Crippen molar-refractivity contribution in [1.29, 1.82) is 0 Å². The van der Waals surface area contributed by atoms with Crippen molar-refractivity contribution in [2.45, 2.75) is 11.3 Å². The van der Waals surface area contributed by atoms with E-state index in [1.165, 1.54) is 0 Å². The third-order valence-corrected chi connectivity index (χ3v) is 3.99. The number of alkyl halides is 2. The third kappa shape index (κ3) is 3.63. The molecule has 0 amide bonds. The molecule has 2 aromatic rings. The summed E-state index contributed by atoms with van der Waals surface area (Å²) in [6.07, 6.45) is -3.15. The van der Waals surface area contributed by atoms with Gasteiger partial charge in [-0.1, -0.05) is 25.5 Å². The minimum absolute atomic E-state index is 0.0157. The van der Waals surface area contributed by atoms with Crippen molar-refractivity contribution in [3.63, 3.8) is 0 Å². The van der Waals surface area contributed by atoms with Gasteiger partial charge >= 0.3 is 10.2 Å². The molecule has 0 N–H and O–H groups in total. The molecule has 2 rings (SSSR count). The van der Waals surface area contributed by atoms with Crippen LogP contribution < -0.4 is 4.74 Å². The van der Waals surface area contributed by atoms with E-state index in [9.17, 15) is 33.0 Å². The van der Waals surface area contributed by atoms with E-state index in [1.54, 1.807) is 0 Å². The molecule has 0 aliphatic rings. The molecule has 1 heterocycles. The summed E-state index contributed by atoms with van der Waals surface area (Å²) in [5.74, 6) is -1.31. The van der Waals surface area contributed by atoms with E-state index in [-0.39, 0.29) is 18.4 Å². The summed E-state index contributed by atoms with van der Waals surface area (Å²) in [5.41, 5.74) is -1.63. The van der Waals surface area contributed by atoms with Gasteiger partial charge in [0.15, 0.2) is 6.29 Å². The van der Waals surface area contributed by atoms with Crippen LogP contribution in [0, 0.1) is 0 Å². The lowest BCUT2D eigenvalue weighted by atomic mass is 10.2. The lowest BCUT2D eigenvalue weighted by Crippen LogP contribution is -2.06. The monoisotopic (exact) mass is 378 g/mol. The highest BCUT2D eigenvalue weighted by Crippen LogP contribution is 3.02. The van der Waals surface area contributed by atoms with Gasteiger partial charge in [-0.05, 0) is 12.1 Å². The van der Waals surface area contributed by atoms with Crippen molar-refractivity contribution in [1.82, 2.24) is 9.78 Å². The predicted octanol–water partition coefficient (Wildman–Crippen LogP) is 5.62. The number of aromatic nitrogens is 2. The van der Waals surface area contributed by atoms with Gasteiger partial charge in [-0.3, -0.25) is 4.79 Å². The Labute approximate surface area is 130 Å². The minimum atomic E-state index is -9.93. The maximum Gasteiger partial charge on any atom is 0.310 e. The van der Waals surface area contributed by atoms with E-state index in [4.69, 9.17) is 4.74 Å². The molecular formula is C12H9F7N2O2S. The van der Waals surface area contributed by atoms with Crippen LogP contribution in [0.25, 0.3) is 0 Å². The van der Waals surface area contributed by atoms with E-state index in [0.717, 1.165) is 13.1 Å². The fraction of sp³-hybridized carbons (Fsp3) is 0.167. The van der Waals surface area contributed by atoms with Crippen LogP contribution in [-0.2, 0) is 7.05 Å². The van der Waals surface area contributed by atoms with E-state index >= 15 is 0 Å². The number of carbonyl (C=O) groups is 1. The first-order valence-corrected chi connectivity index (χ1v) is 8.00. The van der Waals surface area contributed by atoms with Crippen LogP contribution in [0.3, 0.4) is 0 Å². The number of aryl methyl sites for hydroxylation is 1. The van der Waals surface area contributed by atoms with Gasteiger partial charge in [-0.2, -0.15) is 5.10 Å². The lowest BCUT2D eigenvalue weighted by Gasteiger charge is -2.40. The number of ether oxygens (including phenoxy) is 1. The summed E-state index contributed by atoms with van der Waals surface area (Å²) in [5, 5.41) is 3.32. The van der Waals surface area contributed by atoms with Crippen LogP contribution >= 0.6 is 10.2 Å². The zero-order valence-corrected chi connectivity index (χ0v) is 12.5. The summed E-state index contributed by atoms with van der Waals surface area (Å²) in [4.78, 5) is 8.71. The zero-order chi connectivity index (χ0) is 18.4. The van der Waals surface area contributed by atoms with Crippen LogP contribution in [-0.4, -0.2) is 16.1 Å². The van der Waals surface area contributed by atoms with Crippen LogP contribution in [0.2, 0.25) is 0 Å². The van der Waals surface area contributed by atoms with Gasteiger partial charge in [-0.15, -0.1) is 0 Å². The average Bonchev–Trinajstić information content (AvgIpc) is 2.73. The molecule has 0 saturated heterocycles. The molecule has 24 heavy (non-hydrogen) atoms. The van der Waals surface area contributed by atoms with Crippen LogP contribution in [0.15, 0.2) is 29.2 Å². The first kappa shape index (κ1) is 18.1. The molecule has 0 unspecified atom stereocenters. The van der Waals surface area contributed by atoms with Crippen molar-refractivity contribution in [3.05, 3.63) is 35.5 Å². The van der Waals surface area contributed by atoms with Crippen molar-refractivity contribution >= 4 is 16.5 Å². The molecule has 4 nitrogen and oxygen atoms in total. The van der Waals surface area contributed by atoms with E-state index in [1.807, 2.05) is 0 Å². The second kappa shape index (κ2) is 4.88. The predicted molar refractivity (Wildman–Crippen MR) is 71.5 cm³/mol. The molecule has 0 saturated carbocycles. The number of aldehydes is 1. The first-order valence-electron chi connectivity index (χ1n) is 6.05. The fourth-order valence-corrected chi connectivity index (χ4v) is 2.50. The average molecular weight is 378 g/mol. The number of benzene rings is 1. The highest BCUT2D eigenvalue weighted by molar-refractivity contribution is 8.45. The molecule has 0 spiro atoms. The van der Waals surface area contributed by atoms with Crippen molar-refractivity contribution in [2.75, 3.05) is 0 Å². The van der Waals surface area contributed by atoms with Gasteiger partial charge in [-0.25, -0.2) is 13.5 Å². The van der Waals surface area contributed by atoms with Crippen molar-refractivity contribution in [3.8, 4) is 11.6 Å². The van der Waals surface area contributed by atoms with Crippen LogP contribution in [0.5, 0.6) is 11.6 Å². The third-order valence-electron chi connectivity index (χ3n) is 2.85. The Bertz CT molecular complexity index is 802. The molecule has 0 aliphatic carbocycles. The number of hydrogen-bond donors (Lipinski definition) is 0. The molecule has 0 atom stereocenters. The smallest absolute Gasteiger partial charge is 0.310 e. The largest absolute Gasteiger partial charge is 0.438 e. The van der Waals surface area contributed by atoms with E-state index in [0.29, 0.717) is 10.7 Å². The summed E-state index contributed by atoms with van der Waals surface area (Å²) in [6, 6.07) is 1.73. The number of rotatable bonds is 5. The second-order valence-corrected chi connectivity index (χ2v) is 7.10. The molecule has 0 aliphatic heterocycles. The Hall–Kier alpha value is -2.24. The zero-order valence-electron chi connectivity index (χ0n) is 11.7. The van der Waals surface area contributed by atoms with Gasteiger partial charge in [0.25, 0.3) is 6.43 Å². The first-order chi connectivity index (χ1) is 10.7. The molecule has 0 radical (unpaired) electrons. The van der Waals surface area contributed by atoms with Crippen LogP contribution in [0.4, 0.5) is 28.2 Å². The van der Waals surface area contributed by atoms with Crippen molar-refractivity contribution < 1.29 is 37.7 Å². The Morgan fingerprint density at radius 1 is 1.21 bits per heavy atom. The fourth-order valence-electron chi connectivity index (χ4n) is 1.83. The Kier molecular flexibility index (Phi) is 3.68. The Morgan fingerprint density at radius 3 is 2.33 bits per heavy atom. The summed E-state index contributed by atoms with van der Waals surface area (Å²) in [7, 11) is -8.83. The SMILES string of the molecule is Cn1nc(C(F)F)c(C=O)c1Oc1cccc(S(F)(F)(F)(F)F)c1. The molecule has 1 aromatic carbocycles.